The molecule has 1 aromatic heterocycles. The number of aromatic hydroxyl groups is 1. The van der Waals surface area contributed by atoms with Gasteiger partial charge in [-0.05, 0) is 17.7 Å². The Kier molecular flexibility index (Phi) is 3.46. The highest BCUT2D eigenvalue weighted by Crippen LogP contribution is 2.33. The smallest absolute Gasteiger partial charge is 0.341 e. The molecule has 0 atom stereocenters. The Hall–Kier alpha value is -3.69. The SMILES string of the molecule is O=C(O)c1cn2c(c(O)c1=O)C(=O)N(Cc1ccc3c(c1)OCO3)CN2. The van der Waals surface area contributed by atoms with Crippen molar-refractivity contribution in [2.45, 2.75) is 6.54 Å². The Morgan fingerprint density at radius 1 is 1.23 bits per heavy atom. The van der Waals surface area contributed by atoms with Crippen LogP contribution in [0, 0.1) is 0 Å². The van der Waals surface area contributed by atoms with Gasteiger partial charge in [0.2, 0.25) is 12.2 Å². The molecule has 3 heterocycles. The molecule has 3 N–H and O–H groups in total. The molecule has 10 heteroatoms. The molecule has 2 aliphatic heterocycles. The lowest BCUT2D eigenvalue weighted by Crippen LogP contribution is -2.46. The third-order valence-electron chi connectivity index (χ3n) is 4.15. The van der Waals surface area contributed by atoms with Gasteiger partial charge >= 0.3 is 5.97 Å². The van der Waals surface area contributed by atoms with Gasteiger partial charge in [-0.1, -0.05) is 6.07 Å². The topological polar surface area (TPSA) is 130 Å². The number of fused-ring (bicyclic) bond motifs is 2. The van der Waals surface area contributed by atoms with E-state index in [1.165, 1.54) is 4.90 Å². The number of pyridine rings is 1. The monoisotopic (exact) mass is 359 g/mol. The van der Waals surface area contributed by atoms with Gasteiger partial charge in [0.1, 0.15) is 12.2 Å². The number of nitrogens with zero attached hydrogens (tertiary/aromatic N) is 2. The number of carboxylic acid groups (broad SMARTS) is 1. The van der Waals surface area contributed by atoms with Crippen molar-refractivity contribution in [2.24, 2.45) is 0 Å². The number of ether oxygens (including phenoxy) is 2. The summed E-state index contributed by atoms with van der Waals surface area (Å²) in [6, 6.07) is 5.25. The van der Waals surface area contributed by atoms with E-state index in [1.54, 1.807) is 18.2 Å². The standard InChI is InChI=1S/C16H13N3O7/c20-13-9(16(23)24)5-19-12(14(13)21)15(22)18(6-17-19)4-8-1-2-10-11(3-8)26-7-25-10/h1-3,5,17,21H,4,6-7H2,(H,23,24). The number of aromatic nitrogens is 1. The summed E-state index contributed by atoms with van der Waals surface area (Å²) in [6.45, 7) is 0.386. The van der Waals surface area contributed by atoms with Crippen LogP contribution in [0.5, 0.6) is 17.2 Å². The van der Waals surface area contributed by atoms with Crippen LogP contribution in [0.15, 0.2) is 29.2 Å². The van der Waals surface area contributed by atoms with Gasteiger partial charge in [0.25, 0.3) is 5.91 Å². The molecule has 0 unspecified atom stereocenters. The van der Waals surface area contributed by atoms with E-state index in [-0.39, 0.29) is 25.7 Å². The first-order chi connectivity index (χ1) is 12.5. The van der Waals surface area contributed by atoms with E-state index in [4.69, 9.17) is 14.6 Å². The molecular weight excluding hydrogens is 346 g/mol. The van der Waals surface area contributed by atoms with Gasteiger partial charge < -0.3 is 30.0 Å². The number of rotatable bonds is 3. The van der Waals surface area contributed by atoms with Crippen LogP contribution < -0.4 is 20.3 Å². The highest BCUT2D eigenvalue weighted by Gasteiger charge is 2.31. The van der Waals surface area contributed by atoms with Crippen LogP contribution >= 0.6 is 0 Å². The van der Waals surface area contributed by atoms with Crippen LogP contribution in [0.4, 0.5) is 0 Å². The van der Waals surface area contributed by atoms with Crippen LogP contribution in [0.25, 0.3) is 0 Å². The maximum atomic E-state index is 12.7. The summed E-state index contributed by atoms with van der Waals surface area (Å²) in [5, 5.41) is 19.0. The van der Waals surface area contributed by atoms with E-state index in [2.05, 4.69) is 5.43 Å². The van der Waals surface area contributed by atoms with Crippen molar-refractivity contribution in [2.75, 3.05) is 18.9 Å². The minimum atomic E-state index is -1.49. The average molecular weight is 359 g/mol. The molecule has 0 spiro atoms. The zero-order chi connectivity index (χ0) is 18.4. The maximum absolute atomic E-state index is 12.7. The quantitative estimate of drug-likeness (QED) is 0.705. The molecule has 1 amide bonds. The second kappa shape index (κ2) is 5.69. The first-order valence-electron chi connectivity index (χ1n) is 7.59. The minimum Gasteiger partial charge on any atom is -0.502 e. The summed E-state index contributed by atoms with van der Waals surface area (Å²) in [5.74, 6) is -1.80. The third kappa shape index (κ3) is 2.39. The van der Waals surface area contributed by atoms with Gasteiger partial charge in [0.15, 0.2) is 22.9 Å². The molecule has 0 saturated heterocycles. The Morgan fingerprint density at radius 3 is 2.77 bits per heavy atom. The molecule has 10 nitrogen and oxygen atoms in total. The molecular formula is C16H13N3O7. The van der Waals surface area contributed by atoms with E-state index >= 15 is 0 Å². The Labute approximate surface area is 145 Å². The van der Waals surface area contributed by atoms with E-state index in [1.807, 2.05) is 0 Å². The fraction of sp³-hybridized carbons (Fsp3) is 0.188. The van der Waals surface area contributed by atoms with Gasteiger partial charge in [-0.15, -0.1) is 0 Å². The van der Waals surface area contributed by atoms with Crippen molar-refractivity contribution >= 4 is 11.9 Å². The van der Waals surface area contributed by atoms with Crippen LogP contribution in [0.3, 0.4) is 0 Å². The minimum absolute atomic E-state index is 0.0572. The number of carbonyl (C=O) groups is 2. The van der Waals surface area contributed by atoms with Crippen LogP contribution in [0.1, 0.15) is 26.4 Å². The Bertz CT molecular complexity index is 998. The molecule has 1 aromatic carbocycles. The summed E-state index contributed by atoms with van der Waals surface area (Å²) in [5.41, 5.74) is 1.50. The van der Waals surface area contributed by atoms with Gasteiger partial charge in [-0.2, -0.15) is 0 Å². The van der Waals surface area contributed by atoms with Crippen molar-refractivity contribution in [3.8, 4) is 17.2 Å². The molecule has 26 heavy (non-hydrogen) atoms. The fourth-order valence-corrected chi connectivity index (χ4v) is 2.85. The summed E-state index contributed by atoms with van der Waals surface area (Å²) < 4.78 is 11.6. The van der Waals surface area contributed by atoms with Crippen molar-refractivity contribution in [1.29, 1.82) is 0 Å². The predicted octanol–water partition coefficient (Wildman–Crippen LogP) is 0.138. The molecule has 4 rings (SSSR count). The second-order valence-corrected chi connectivity index (χ2v) is 5.75. The molecule has 0 radical (unpaired) electrons. The zero-order valence-electron chi connectivity index (χ0n) is 13.3. The lowest BCUT2D eigenvalue weighted by molar-refractivity contribution is 0.0678. The van der Waals surface area contributed by atoms with E-state index < -0.39 is 28.6 Å². The van der Waals surface area contributed by atoms with Gasteiger partial charge in [0.05, 0.1) is 0 Å². The summed E-state index contributed by atoms with van der Waals surface area (Å²) >= 11 is 0. The fourth-order valence-electron chi connectivity index (χ4n) is 2.85. The van der Waals surface area contributed by atoms with Crippen molar-refractivity contribution < 1.29 is 29.3 Å². The van der Waals surface area contributed by atoms with E-state index in [9.17, 15) is 19.5 Å². The summed E-state index contributed by atoms with van der Waals surface area (Å²) in [6.07, 6.45) is 0.982. The molecule has 2 aromatic rings. The Balaban J connectivity index is 1.65. The van der Waals surface area contributed by atoms with Gasteiger partial charge in [-0.25, -0.2) is 4.79 Å². The zero-order valence-corrected chi connectivity index (χ0v) is 13.3. The number of benzene rings is 1. The molecule has 0 saturated carbocycles. The summed E-state index contributed by atoms with van der Waals surface area (Å²) in [4.78, 5) is 37.1. The number of carbonyl (C=O) groups excluding carboxylic acids is 1. The molecule has 2 aliphatic rings. The van der Waals surface area contributed by atoms with Crippen LogP contribution in [-0.2, 0) is 6.54 Å². The third-order valence-corrected chi connectivity index (χ3v) is 4.15. The first-order valence-corrected chi connectivity index (χ1v) is 7.59. The molecule has 0 bridgehead atoms. The first kappa shape index (κ1) is 15.8. The number of amides is 1. The lowest BCUT2D eigenvalue weighted by atomic mass is 10.1. The van der Waals surface area contributed by atoms with Crippen LogP contribution in [0.2, 0.25) is 0 Å². The van der Waals surface area contributed by atoms with Gasteiger partial charge in [0, 0.05) is 12.7 Å². The van der Waals surface area contributed by atoms with E-state index in [0.717, 1.165) is 16.4 Å². The number of aromatic carboxylic acids is 1. The van der Waals surface area contributed by atoms with Gasteiger partial charge in [-0.3, -0.25) is 14.3 Å². The molecule has 134 valence electrons. The number of hydrogen-bond acceptors (Lipinski definition) is 7. The predicted molar refractivity (Wildman–Crippen MR) is 86.0 cm³/mol. The second-order valence-electron chi connectivity index (χ2n) is 5.75. The summed E-state index contributed by atoms with van der Waals surface area (Å²) in [7, 11) is 0. The lowest BCUT2D eigenvalue weighted by Gasteiger charge is -2.31. The van der Waals surface area contributed by atoms with Crippen LogP contribution in [-0.4, -0.2) is 45.1 Å². The van der Waals surface area contributed by atoms with Crippen molar-refractivity contribution in [3.05, 3.63) is 51.4 Å². The number of hydrogen-bond donors (Lipinski definition) is 3. The van der Waals surface area contributed by atoms with Crippen molar-refractivity contribution in [3.63, 3.8) is 0 Å². The Morgan fingerprint density at radius 2 is 2.00 bits per heavy atom. The average Bonchev–Trinajstić information content (AvgIpc) is 3.07. The normalized spacial score (nSPS) is 14.8. The highest BCUT2D eigenvalue weighted by molar-refractivity contribution is 5.97. The number of nitrogens with one attached hydrogen (secondary N) is 1. The maximum Gasteiger partial charge on any atom is 0.341 e. The van der Waals surface area contributed by atoms with Crippen molar-refractivity contribution in [1.82, 2.24) is 9.58 Å². The number of carboxylic acids is 1. The van der Waals surface area contributed by atoms with E-state index in [0.29, 0.717) is 11.5 Å². The largest absolute Gasteiger partial charge is 0.502 e. The molecule has 0 fully saturated rings. The highest BCUT2D eigenvalue weighted by atomic mass is 16.7. The molecule has 0 aliphatic carbocycles.